The van der Waals surface area contributed by atoms with Gasteiger partial charge in [0.05, 0.1) is 17.6 Å². The molecule has 0 unspecified atom stereocenters. The van der Waals surface area contributed by atoms with E-state index in [0.717, 1.165) is 31.9 Å². The standard InChI is InChI=1S/C14H11BrN2O2S/c1-18-9-4-2-3-8(7-9)11-12(17-19-14(11)16)13-10(15)5-6-20-13/h2-7H,16H2,1H3. The van der Waals surface area contributed by atoms with Crippen LogP contribution in [0.1, 0.15) is 0 Å². The van der Waals surface area contributed by atoms with Crippen molar-refractivity contribution in [1.82, 2.24) is 5.16 Å². The topological polar surface area (TPSA) is 61.3 Å². The third-order valence-electron chi connectivity index (χ3n) is 2.91. The van der Waals surface area contributed by atoms with Crippen LogP contribution in [0.3, 0.4) is 0 Å². The van der Waals surface area contributed by atoms with Crippen molar-refractivity contribution < 1.29 is 9.26 Å². The van der Waals surface area contributed by atoms with Crippen LogP contribution in [0.5, 0.6) is 5.75 Å². The number of rotatable bonds is 3. The number of hydrogen-bond acceptors (Lipinski definition) is 5. The molecule has 102 valence electrons. The summed E-state index contributed by atoms with van der Waals surface area (Å²) in [6, 6.07) is 9.63. The second-order valence-electron chi connectivity index (χ2n) is 4.10. The van der Waals surface area contributed by atoms with E-state index >= 15 is 0 Å². The highest BCUT2D eigenvalue weighted by atomic mass is 79.9. The van der Waals surface area contributed by atoms with Crippen LogP contribution >= 0.6 is 27.3 Å². The monoisotopic (exact) mass is 350 g/mol. The first-order valence-electron chi connectivity index (χ1n) is 5.83. The van der Waals surface area contributed by atoms with Gasteiger partial charge in [0.15, 0.2) is 0 Å². The summed E-state index contributed by atoms with van der Waals surface area (Å²) in [5.41, 5.74) is 8.37. The zero-order chi connectivity index (χ0) is 14.1. The Morgan fingerprint density at radius 3 is 2.90 bits per heavy atom. The zero-order valence-corrected chi connectivity index (χ0v) is 13.0. The fraction of sp³-hybridized carbons (Fsp3) is 0.0714. The number of ether oxygens (including phenoxy) is 1. The van der Waals surface area contributed by atoms with Crippen molar-refractivity contribution in [3.8, 4) is 27.4 Å². The Bertz CT molecular complexity index is 751. The van der Waals surface area contributed by atoms with E-state index in [1.165, 1.54) is 0 Å². The molecule has 20 heavy (non-hydrogen) atoms. The van der Waals surface area contributed by atoms with Gasteiger partial charge in [-0.15, -0.1) is 11.3 Å². The van der Waals surface area contributed by atoms with Gasteiger partial charge >= 0.3 is 0 Å². The first-order chi connectivity index (χ1) is 9.70. The van der Waals surface area contributed by atoms with E-state index in [1.807, 2.05) is 35.7 Å². The number of halogens is 1. The molecule has 3 aromatic rings. The number of nitrogens with two attached hydrogens (primary N) is 1. The summed E-state index contributed by atoms with van der Waals surface area (Å²) >= 11 is 5.09. The molecule has 0 radical (unpaired) electrons. The van der Waals surface area contributed by atoms with Crippen molar-refractivity contribution >= 4 is 33.2 Å². The summed E-state index contributed by atoms with van der Waals surface area (Å²) in [5.74, 6) is 1.06. The molecule has 0 aliphatic heterocycles. The van der Waals surface area contributed by atoms with Gasteiger partial charge in [-0.2, -0.15) is 0 Å². The average Bonchev–Trinajstić information content (AvgIpc) is 3.04. The van der Waals surface area contributed by atoms with Crippen molar-refractivity contribution in [3.63, 3.8) is 0 Å². The van der Waals surface area contributed by atoms with E-state index in [1.54, 1.807) is 18.4 Å². The number of methoxy groups -OCH3 is 1. The van der Waals surface area contributed by atoms with Crippen LogP contribution in [0.25, 0.3) is 21.7 Å². The van der Waals surface area contributed by atoms with Crippen molar-refractivity contribution in [2.45, 2.75) is 0 Å². The Labute approximate surface area is 128 Å². The fourth-order valence-electron chi connectivity index (χ4n) is 1.98. The number of nitrogen functional groups attached to an aromatic ring is 1. The first-order valence-corrected chi connectivity index (χ1v) is 7.51. The number of hydrogen-bond donors (Lipinski definition) is 1. The van der Waals surface area contributed by atoms with E-state index in [9.17, 15) is 0 Å². The summed E-state index contributed by atoms with van der Waals surface area (Å²) < 4.78 is 11.4. The van der Waals surface area contributed by atoms with Crippen molar-refractivity contribution in [1.29, 1.82) is 0 Å². The Balaban J connectivity index is 2.19. The lowest BCUT2D eigenvalue weighted by atomic mass is 10.0. The van der Waals surface area contributed by atoms with Crippen LogP contribution in [0, 0.1) is 0 Å². The number of thiophene rings is 1. The number of anilines is 1. The highest BCUT2D eigenvalue weighted by Gasteiger charge is 2.20. The Hall–Kier alpha value is -1.79. The molecule has 2 heterocycles. The molecule has 3 rings (SSSR count). The zero-order valence-electron chi connectivity index (χ0n) is 10.6. The molecule has 2 aromatic heterocycles. The van der Waals surface area contributed by atoms with Crippen molar-refractivity contribution in [3.05, 3.63) is 40.2 Å². The average molecular weight is 351 g/mol. The summed E-state index contributed by atoms with van der Waals surface area (Å²) in [5, 5.41) is 6.08. The molecule has 0 amide bonds. The van der Waals surface area contributed by atoms with Gasteiger partial charge in [-0.1, -0.05) is 17.3 Å². The molecule has 0 spiro atoms. The summed E-state index contributed by atoms with van der Waals surface area (Å²) in [6.07, 6.45) is 0. The normalized spacial score (nSPS) is 10.7. The van der Waals surface area contributed by atoms with Gasteiger partial charge in [-0.05, 0) is 45.1 Å². The quantitative estimate of drug-likeness (QED) is 0.759. The molecule has 0 aliphatic carbocycles. The third kappa shape index (κ3) is 2.21. The van der Waals surface area contributed by atoms with Crippen LogP contribution in [0.2, 0.25) is 0 Å². The molecule has 0 saturated carbocycles. The predicted molar refractivity (Wildman–Crippen MR) is 83.9 cm³/mol. The van der Waals surface area contributed by atoms with E-state index in [-0.39, 0.29) is 0 Å². The Morgan fingerprint density at radius 1 is 1.35 bits per heavy atom. The molecule has 0 aliphatic rings. The molecule has 0 atom stereocenters. The second kappa shape index (κ2) is 5.30. The second-order valence-corrected chi connectivity index (χ2v) is 5.87. The molecular formula is C14H11BrN2O2S. The van der Waals surface area contributed by atoms with Gasteiger partial charge in [0.25, 0.3) is 0 Å². The molecule has 0 saturated heterocycles. The Kier molecular flexibility index (Phi) is 3.50. The maximum absolute atomic E-state index is 5.94. The van der Waals surface area contributed by atoms with Gasteiger partial charge in [-0.3, -0.25) is 0 Å². The lowest BCUT2D eigenvalue weighted by Crippen LogP contribution is -1.88. The summed E-state index contributed by atoms with van der Waals surface area (Å²) in [6.45, 7) is 0. The summed E-state index contributed by atoms with van der Waals surface area (Å²) in [4.78, 5) is 0.989. The maximum Gasteiger partial charge on any atom is 0.230 e. The minimum atomic E-state index is 0.300. The fourth-order valence-corrected chi connectivity index (χ4v) is 3.53. The first kappa shape index (κ1) is 13.2. The molecule has 6 heteroatoms. The van der Waals surface area contributed by atoms with Crippen molar-refractivity contribution in [2.75, 3.05) is 12.8 Å². The van der Waals surface area contributed by atoms with E-state index < -0.39 is 0 Å². The lowest BCUT2D eigenvalue weighted by Gasteiger charge is -2.04. The molecule has 4 nitrogen and oxygen atoms in total. The molecule has 1 aromatic carbocycles. The van der Waals surface area contributed by atoms with Crippen molar-refractivity contribution in [2.24, 2.45) is 0 Å². The van der Waals surface area contributed by atoms with Gasteiger partial charge in [-0.25, -0.2) is 0 Å². The number of aromatic nitrogens is 1. The van der Waals surface area contributed by atoms with Crippen LogP contribution in [-0.2, 0) is 0 Å². The van der Waals surface area contributed by atoms with Crippen LogP contribution in [-0.4, -0.2) is 12.3 Å². The SMILES string of the molecule is COc1cccc(-c2c(-c3sccc3Br)noc2N)c1. The molecule has 0 fully saturated rings. The highest BCUT2D eigenvalue weighted by Crippen LogP contribution is 2.42. The maximum atomic E-state index is 5.94. The molecule has 2 N–H and O–H groups in total. The van der Waals surface area contributed by atoms with Gasteiger partial charge in [0.2, 0.25) is 5.88 Å². The smallest absolute Gasteiger partial charge is 0.230 e. The van der Waals surface area contributed by atoms with E-state index in [2.05, 4.69) is 21.1 Å². The minimum absolute atomic E-state index is 0.300. The van der Waals surface area contributed by atoms with Crippen LogP contribution < -0.4 is 10.5 Å². The minimum Gasteiger partial charge on any atom is -0.497 e. The number of nitrogens with zero attached hydrogens (tertiary/aromatic N) is 1. The van der Waals surface area contributed by atoms with Gasteiger partial charge < -0.3 is 15.0 Å². The largest absolute Gasteiger partial charge is 0.497 e. The van der Waals surface area contributed by atoms with Gasteiger partial charge in [0.1, 0.15) is 11.4 Å². The summed E-state index contributed by atoms with van der Waals surface area (Å²) in [7, 11) is 1.63. The van der Waals surface area contributed by atoms with E-state index in [4.69, 9.17) is 15.0 Å². The van der Waals surface area contributed by atoms with Crippen LogP contribution in [0.4, 0.5) is 5.88 Å². The highest BCUT2D eigenvalue weighted by molar-refractivity contribution is 9.10. The Morgan fingerprint density at radius 2 is 2.20 bits per heavy atom. The lowest BCUT2D eigenvalue weighted by molar-refractivity contribution is 0.415. The third-order valence-corrected chi connectivity index (χ3v) is 4.75. The van der Waals surface area contributed by atoms with Gasteiger partial charge in [0, 0.05) is 4.47 Å². The predicted octanol–water partition coefficient (Wildman–Crippen LogP) is 4.42. The van der Waals surface area contributed by atoms with E-state index in [0.29, 0.717) is 5.88 Å². The molecular weight excluding hydrogens is 340 g/mol. The molecule has 0 bridgehead atoms. The van der Waals surface area contributed by atoms with Crippen LogP contribution in [0.15, 0.2) is 44.7 Å². The number of benzene rings is 1.